The van der Waals surface area contributed by atoms with Crippen molar-refractivity contribution < 1.29 is 8.42 Å². The maximum absolute atomic E-state index is 12.0. The average molecular weight is 272 g/mol. The molecule has 0 bridgehead atoms. The summed E-state index contributed by atoms with van der Waals surface area (Å²) < 4.78 is 28.4. The summed E-state index contributed by atoms with van der Waals surface area (Å²) in [6.07, 6.45) is 5.27. The number of aromatic nitrogens is 2. The highest BCUT2D eigenvalue weighted by Crippen LogP contribution is 2.10. The van der Waals surface area contributed by atoms with Crippen LogP contribution in [-0.4, -0.2) is 37.6 Å². The van der Waals surface area contributed by atoms with E-state index in [4.69, 9.17) is 0 Å². The fraction of sp³-hybridized carbons (Fsp3) is 0.727. The Morgan fingerprint density at radius 3 is 3.06 bits per heavy atom. The molecule has 0 spiro atoms. The van der Waals surface area contributed by atoms with E-state index in [2.05, 4.69) is 15.0 Å². The molecule has 2 rings (SSSR count). The van der Waals surface area contributed by atoms with Gasteiger partial charge in [0.1, 0.15) is 0 Å². The minimum absolute atomic E-state index is 0.105. The molecule has 0 saturated carbocycles. The highest BCUT2D eigenvalue weighted by molar-refractivity contribution is 7.89. The van der Waals surface area contributed by atoms with Gasteiger partial charge in [-0.2, -0.15) is 0 Å². The second kappa shape index (κ2) is 5.81. The number of hydrogen-bond donors (Lipinski definition) is 2. The molecule has 1 aliphatic heterocycles. The Morgan fingerprint density at radius 2 is 2.44 bits per heavy atom. The van der Waals surface area contributed by atoms with Crippen molar-refractivity contribution in [2.45, 2.75) is 31.3 Å². The van der Waals surface area contributed by atoms with Crippen LogP contribution >= 0.6 is 0 Å². The second-order valence-corrected chi connectivity index (χ2v) is 6.32. The highest BCUT2D eigenvalue weighted by atomic mass is 32.2. The van der Waals surface area contributed by atoms with E-state index in [1.165, 1.54) is 6.33 Å². The average Bonchev–Trinajstić information content (AvgIpc) is 2.87. The van der Waals surface area contributed by atoms with E-state index in [0.717, 1.165) is 32.5 Å². The zero-order valence-electron chi connectivity index (χ0n) is 10.6. The monoisotopic (exact) mass is 272 g/mol. The van der Waals surface area contributed by atoms with Crippen LogP contribution in [0.15, 0.2) is 17.6 Å². The smallest absolute Gasteiger partial charge is 0.259 e. The Balaban J connectivity index is 1.94. The quantitative estimate of drug-likeness (QED) is 0.802. The molecule has 2 N–H and O–H groups in total. The molecule has 18 heavy (non-hydrogen) atoms. The lowest BCUT2D eigenvalue weighted by atomic mass is 10.0. The van der Waals surface area contributed by atoms with Crippen molar-refractivity contribution in [1.82, 2.24) is 19.6 Å². The Kier molecular flexibility index (Phi) is 4.36. The minimum atomic E-state index is -3.46. The highest BCUT2D eigenvalue weighted by Gasteiger charge is 2.20. The molecular formula is C11H20N4O2S. The van der Waals surface area contributed by atoms with E-state index < -0.39 is 10.0 Å². The summed E-state index contributed by atoms with van der Waals surface area (Å²) >= 11 is 0. The topological polar surface area (TPSA) is 76.0 Å². The lowest BCUT2D eigenvalue weighted by Gasteiger charge is -2.22. The molecular weight excluding hydrogens is 252 g/mol. The lowest BCUT2D eigenvalue weighted by Crippen LogP contribution is -2.38. The third-order valence-corrected chi connectivity index (χ3v) is 4.52. The molecule has 1 fully saturated rings. The summed E-state index contributed by atoms with van der Waals surface area (Å²) in [5.74, 6) is 0.377. The summed E-state index contributed by atoms with van der Waals surface area (Å²) in [4.78, 5) is 3.92. The van der Waals surface area contributed by atoms with Crippen LogP contribution in [0.2, 0.25) is 0 Å². The first kappa shape index (κ1) is 13.5. The molecule has 7 heteroatoms. The molecule has 1 unspecified atom stereocenters. The molecule has 1 atom stereocenters. The molecule has 6 nitrogen and oxygen atoms in total. The number of sulfonamides is 1. The van der Waals surface area contributed by atoms with Gasteiger partial charge in [0.15, 0.2) is 5.03 Å². The zero-order chi connectivity index (χ0) is 13.0. The Bertz CT molecular complexity index is 477. The Labute approximate surface area is 108 Å². The van der Waals surface area contributed by atoms with Crippen LogP contribution in [0, 0.1) is 5.92 Å². The van der Waals surface area contributed by atoms with Gasteiger partial charge in [-0.1, -0.05) is 0 Å². The maximum Gasteiger partial charge on any atom is 0.259 e. The van der Waals surface area contributed by atoms with Gasteiger partial charge < -0.3 is 9.88 Å². The third kappa shape index (κ3) is 3.30. The zero-order valence-corrected chi connectivity index (χ0v) is 11.4. The van der Waals surface area contributed by atoms with Crippen molar-refractivity contribution in [1.29, 1.82) is 0 Å². The van der Waals surface area contributed by atoms with Gasteiger partial charge in [0, 0.05) is 19.3 Å². The molecule has 1 saturated heterocycles. The summed E-state index contributed by atoms with van der Waals surface area (Å²) in [6, 6.07) is 0. The van der Waals surface area contributed by atoms with Crippen molar-refractivity contribution in [2.24, 2.45) is 5.92 Å². The first-order valence-electron chi connectivity index (χ1n) is 6.34. The number of nitrogens with one attached hydrogen (secondary N) is 2. The van der Waals surface area contributed by atoms with E-state index in [1.54, 1.807) is 10.8 Å². The number of piperidine rings is 1. The fourth-order valence-corrected chi connectivity index (χ4v) is 3.11. The van der Waals surface area contributed by atoms with Crippen molar-refractivity contribution in [2.75, 3.05) is 19.6 Å². The fourth-order valence-electron chi connectivity index (χ4n) is 2.05. The predicted molar refractivity (Wildman–Crippen MR) is 68.7 cm³/mol. The Hall–Kier alpha value is -0.920. The molecule has 1 aromatic heterocycles. The van der Waals surface area contributed by atoms with Gasteiger partial charge in [-0.25, -0.2) is 18.1 Å². The summed E-state index contributed by atoms with van der Waals surface area (Å²) in [5.41, 5.74) is 0. The SMILES string of the molecule is CCn1cnc(S(=O)(=O)NCC2CCCNC2)c1. The molecule has 2 heterocycles. The minimum Gasteiger partial charge on any atom is -0.336 e. The summed E-state index contributed by atoms with van der Waals surface area (Å²) in [6.45, 7) is 5.05. The second-order valence-electron chi connectivity index (χ2n) is 4.61. The third-order valence-electron chi connectivity index (χ3n) is 3.21. The predicted octanol–water partition coefficient (Wildman–Crippen LogP) is 0.181. The van der Waals surface area contributed by atoms with Crippen LogP contribution < -0.4 is 10.0 Å². The van der Waals surface area contributed by atoms with Gasteiger partial charge in [-0.3, -0.25) is 0 Å². The number of hydrogen-bond acceptors (Lipinski definition) is 4. The van der Waals surface area contributed by atoms with E-state index in [9.17, 15) is 8.42 Å². The number of aryl methyl sites for hydroxylation is 1. The maximum atomic E-state index is 12.0. The first-order chi connectivity index (χ1) is 8.62. The van der Waals surface area contributed by atoms with E-state index in [1.807, 2.05) is 6.92 Å². The molecule has 1 aliphatic rings. The molecule has 102 valence electrons. The molecule has 0 amide bonds. The molecule has 0 radical (unpaired) electrons. The normalized spacial score (nSPS) is 21.1. The van der Waals surface area contributed by atoms with E-state index >= 15 is 0 Å². The van der Waals surface area contributed by atoms with Gasteiger partial charge >= 0.3 is 0 Å². The van der Waals surface area contributed by atoms with Crippen LogP contribution in [0.5, 0.6) is 0 Å². The molecule has 1 aromatic rings. The van der Waals surface area contributed by atoms with E-state index in [0.29, 0.717) is 12.5 Å². The lowest BCUT2D eigenvalue weighted by molar-refractivity contribution is 0.375. The van der Waals surface area contributed by atoms with Crippen LogP contribution in [0.3, 0.4) is 0 Å². The number of nitrogens with zero attached hydrogens (tertiary/aromatic N) is 2. The van der Waals surface area contributed by atoms with Crippen molar-refractivity contribution in [3.63, 3.8) is 0 Å². The van der Waals surface area contributed by atoms with Crippen molar-refractivity contribution >= 4 is 10.0 Å². The van der Waals surface area contributed by atoms with Crippen LogP contribution in [-0.2, 0) is 16.6 Å². The molecule has 0 aromatic carbocycles. The Morgan fingerprint density at radius 1 is 1.61 bits per heavy atom. The van der Waals surface area contributed by atoms with Gasteiger partial charge in [-0.15, -0.1) is 0 Å². The van der Waals surface area contributed by atoms with Gasteiger partial charge in [0.05, 0.1) is 6.33 Å². The van der Waals surface area contributed by atoms with Crippen LogP contribution in [0.1, 0.15) is 19.8 Å². The number of imidazole rings is 1. The first-order valence-corrected chi connectivity index (χ1v) is 7.82. The van der Waals surface area contributed by atoms with Crippen LogP contribution in [0.4, 0.5) is 0 Å². The van der Waals surface area contributed by atoms with E-state index in [-0.39, 0.29) is 5.03 Å². The van der Waals surface area contributed by atoms with Crippen LogP contribution in [0.25, 0.3) is 0 Å². The number of rotatable bonds is 5. The summed E-state index contributed by atoms with van der Waals surface area (Å²) in [7, 11) is -3.46. The van der Waals surface area contributed by atoms with Gasteiger partial charge in [0.25, 0.3) is 10.0 Å². The molecule has 0 aliphatic carbocycles. The van der Waals surface area contributed by atoms with Gasteiger partial charge in [0.2, 0.25) is 0 Å². The van der Waals surface area contributed by atoms with Crippen molar-refractivity contribution in [3.05, 3.63) is 12.5 Å². The largest absolute Gasteiger partial charge is 0.336 e. The standard InChI is InChI=1S/C11H20N4O2S/c1-2-15-8-11(13-9-15)18(16,17)14-7-10-4-3-5-12-6-10/h8-10,12,14H,2-7H2,1H3. The van der Waals surface area contributed by atoms with Crippen molar-refractivity contribution in [3.8, 4) is 0 Å². The summed E-state index contributed by atoms with van der Waals surface area (Å²) in [5, 5.41) is 3.37. The van der Waals surface area contributed by atoms with Gasteiger partial charge in [-0.05, 0) is 38.8 Å².